The maximum atomic E-state index is 12.5. The lowest BCUT2D eigenvalue weighted by molar-refractivity contribution is -0.133. The van der Waals surface area contributed by atoms with Crippen LogP contribution in [-0.4, -0.2) is 28.6 Å². The molecule has 0 aromatic heterocycles. The van der Waals surface area contributed by atoms with Gasteiger partial charge in [0.2, 0.25) is 5.91 Å². The van der Waals surface area contributed by atoms with Crippen LogP contribution in [0, 0.1) is 5.92 Å². The number of rotatable bonds is 8. The number of carboxylic acid groups (broad SMARTS) is 1. The number of hydrogen-bond donors (Lipinski definition) is 3. The fraction of sp³-hybridized carbons (Fsp3) is 0.250. The summed E-state index contributed by atoms with van der Waals surface area (Å²) in [4.78, 5) is 35.0. The van der Waals surface area contributed by atoms with E-state index >= 15 is 0 Å². The Kier molecular flexibility index (Phi) is 6.13. The molecule has 2 amide bonds. The molecule has 0 spiro atoms. The van der Waals surface area contributed by atoms with Gasteiger partial charge < -0.3 is 15.7 Å². The summed E-state index contributed by atoms with van der Waals surface area (Å²) < 4.78 is 0. The zero-order valence-electron chi connectivity index (χ0n) is 14.6. The van der Waals surface area contributed by atoms with Crippen molar-refractivity contribution in [2.75, 3.05) is 16.4 Å². The van der Waals surface area contributed by atoms with Crippen molar-refractivity contribution in [1.29, 1.82) is 0 Å². The molecule has 3 N–H and O–H groups in total. The Morgan fingerprint density at radius 3 is 2.41 bits per heavy atom. The second-order valence-electron chi connectivity index (χ2n) is 6.39. The summed E-state index contributed by atoms with van der Waals surface area (Å²) in [5.74, 6) is -0.427. The second kappa shape index (κ2) is 8.73. The number of nitrogens with one attached hydrogen (secondary N) is 2. The molecule has 0 saturated heterocycles. The van der Waals surface area contributed by atoms with E-state index < -0.39 is 5.97 Å². The van der Waals surface area contributed by atoms with Crippen LogP contribution in [0.1, 0.15) is 28.8 Å². The van der Waals surface area contributed by atoms with Crippen molar-refractivity contribution in [2.45, 2.75) is 18.6 Å². The average molecular weight is 384 g/mol. The lowest BCUT2D eigenvalue weighted by atomic mass is 10.1. The highest BCUT2D eigenvalue weighted by Gasteiger charge is 2.29. The Balaban J connectivity index is 1.61. The summed E-state index contributed by atoms with van der Waals surface area (Å²) in [6.45, 7) is 0. The van der Waals surface area contributed by atoms with E-state index in [9.17, 15) is 14.4 Å². The average Bonchev–Trinajstić information content (AvgIpc) is 3.47. The highest BCUT2D eigenvalue weighted by molar-refractivity contribution is 7.99. The Hall–Kier alpha value is -2.80. The molecule has 1 saturated carbocycles. The summed E-state index contributed by atoms with van der Waals surface area (Å²) in [5.41, 5.74) is 2.64. The van der Waals surface area contributed by atoms with E-state index in [1.165, 1.54) is 11.8 Å². The number of aliphatic carboxylic acids is 1. The van der Waals surface area contributed by atoms with Crippen molar-refractivity contribution in [3.05, 3.63) is 59.7 Å². The molecule has 0 atom stereocenters. The lowest BCUT2D eigenvalue weighted by Gasteiger charge is -2.09. The van der Waals surface area contributed by atoms with Gasteiger partial charge in [0.05, 0.1) is 5.75 Å². The van der Waals surface area contributed by atoms with Gasteiger partial charge in [0.1, 0.15) is 0 Å². The van der Waals surface area contributed by atoms with Crippen molar-refractivity contribution >= 4 is 40.9 Å². The topological polar surface area (TPSA) is 95.5 Å². The molecular formula is C20H20N2O4S. The molecule has 0 radical (unpaired) electrons. The summed E-state index contributed by atoms with van der Waals surface area (Å²) in [5, 5.41) is 14.4. The van der Waals surface area contributed by atoms with Gasteiger partial charge in [-0.05, 0) is 48.7 Å². The van der Waals surface area contributed by atoms with Crippen LogP contribution >= 0.6 is 11.8 Å². The van der Waals surface area contributed by atoms with E-state index in [0.29, 0.717) is 22.7 Å². The van der Waals surface area contributed by atoms with Crippen molar-refractivity contribution in [3.63, 3.8) is 0 Å². The number of carbonyl (C=O) groups excluding carboxylic acids is 2. The summed E-state index contributed by atoms with van der Waals surface area (Å²) in [7, 11) is 0. The zero-order valence-corrected chi connectivity index (χ0v) is 15.4. The zero-order chi connectivity index (χ0) is 19.2. The van der Waals surface area contributed by atoms with Gasteiger partial charge in [-0.3, -0.25) is 14.4 Å². The number of carboxylic acids is 1. The van der Waals surface area contributed by atoms with Crippen LogP contribution < -0.4 is 10.6 Å². The van der Waals surface area contributed by atoms with Gasteiger partial charge in [-0.25, -0.2) is 0 Å². The highest BCUT2D eigenvalue weighted by Crippen LogP contribution is 2.30. The van der Waals surface area contributed by atoms with E-state index in [1.54, 1.807) is 30.3 Å². The predicted molar refractivity (Wildman–Crippen MR) is 106 cm³/mol. The smallest absolute Gasteiger partial charge is 0.313 e. The molecule has 2 aromatic rings. The Bertz CT molecular complexity index is 865. The minimum atomic E-state index is -0.849. The van der Waals surface area contributed by atoms with Crippen molar-refractivity contribution in [1.82, 2.24) is 0 Å². The molecular weight excluding hydrogens is 364 g/mol. The highest BCUT2D eigenvalue weighted by atomic mass is 32.2. The van der Waals surface area contributed by atoms with Crippen LogP contribution in [0.4, 0.5) is 11.4 Å². The quantitative estimate of drug-likeness (QED) is 0.646. The molecule has 7 heteroatoms. The first-order valence-corrected chi connectivity index (χ1v) is 9.77. The summed E-state index contributed by atoms with van der Waals surface area (Å²) in [6.07, 6.45) is 1.85. The summed E-state index contributed by atoms with van der Waals surface area (Å²) >= 11 is 1.30. The molecule has 0 bridgehead atoms. The van der Waals surface area contributed by atoms with E-state index in [-0.39, 0.29) is 23.5 Å². The maximum absolute atomic E-state index is 12.5. The van der Waals surface area contributed by atoms with Crippen LogP contribution in [0.5, 0.6) is 0 Å². The minimum Gasteiger partial charge on any atom is -0.481 e. The van der Waals surface area contributed by atoms with Gasteiger partial charge in [-0.1, -0.05) is 18.2 Å². The van der Waals surface area contributed by atoms with Gasteiger partial charge >= 0.3 is 5.97 Å². The molecule has 6 nitrogen and oxygen atoms in total. The molecule has 0 heterocycles. The lowest BCUT2D eigenvalue weighted by Crippen LogP contribution is -2.15. The first-order chi connectivity index (χ1) is 13.0. The van der Waals surface area contributed by atoms with Gasteiger partial charge in [-0.2, -0.15) is 0 Å². The van der Waals surface area contributed by atoms with Crippen LogP contribution in [-0.2, 0) is 15.3 Å². The molecule has 140 valence electrons. The fourth-order valence-electron chi connectivity index (χ4n) is 2.53. The number of hydrogen-bond acceptors (Lipinski definition) is 4. The molecule has 3 rings (SSSR count). The Morgan fingerprint density at radius 2 is 1.70 bits per heavy atom. The number of carbonyl (C=O) groups is 3. The first kappa shape index (κ1) is 19.0. The van der Waals surface area contributed by atoms with E-state index in [4.69, 9.17) is 5.11 Å². The van der Waals surface area contributed by atoms with E-state index in [0.717, 1.165) is 18.4 Å². The maximum Gasteiger partial charge on any atom is 0.313 e. The van der Waals surface area contributed by atoms with E-state index in [2.05, 4.69) is 10.6 Å². The van der Waals surface area contributed by atoms with Crippen molar-refractivity contribution in [2.24, 2.45) is 5.92 Å². The molecule has 1 aliphatic carbocycles. The third-order valence-electron chi connectivity index (χ3n) is 4.02. The standard InChI is InChI=1S/C20H20N2O4S/c23-18(24)12-27-11-13-3-1-5-16(9-13)21-20(26)15-4-2-6-17(10-15)22-19(25)14-7-8-14/h1-6,9-10,14H,7-8,11-12H2,(H,21,26)(H,22,25)(H,23,24). The third-order valence-corrected chi connectivity index (χ3v) is 5.01. The van der Waals surface area contributed by atoms with Crippen molar-refractivity contribution in [3.8, 4) is 0 Å². The predicted octanol–water partition coefficient (Wildman–Crippen LogP) is 3.61. The Morgan fingerprint density at radius 1 is 1.00 bits per heavy atom. The summed E-state index contributed by atoms with van der Waals surface area (Å²) in [6, 6.07) is 14.1. The van der Waals surface area contributed by atoms with Gasteiger partial charge in [-0.15, -0.1) is 11.8 Å². The molecule has 27 heavy (non-hydrogen) atoms. The number of thioether (sulfide) groups is 1. The number of benzene rings is 2. The monoisotopic (exact) mass is 384 g/mol. The molecule has 0 unspecified atom stereocenters. The van der Waals surface area contributed by atoms with Crippen LogP contribution in [0.15, 0.2) is 48.5 Å². The van der Waals surface area contributed by atoms with Crippen LogP contribution in [0.25, 0.3) is 0 Å². The molecule has 2 aromatic carbocycles. The number of amides is 2. The molecule has 1 aliphatic rings. The van der Waals surface area contributed by atoms with Gasteiger partial charge in [0.25, 0.3) is 5.91 Å². The van der Waals surface area contributed by atoms with Crippen LogP contribution in [0.3, 0.4) is 0 Å². The van der Waals surface area contributed by atoms with Gasteiger partial charge in [0.15, 0.2) is 0 Å². The first-order valence-electron chi connectivity index (χ1n) is 8.62. The third kappa shape index (κ3) is 5.86. The van der Waals surface area contributed by atoms with Crippen molar-refractivity contribution < 1.29 is 19.5 Å². The SMILES string of the molecule is O=C(O)CSCc1cccc(NC(=O)c2cccc(NC(=O)C3CC3)c2)c1. The Labute approximate surface area is 161 Å². The van der Waals surface area contributed by atoms with E-state index in [1.807, 2.05) is 18.2 Å². The van der Waals surface area contributed by atoms with Crippen LogP contribution in [0.2, 0.25) is 0 Å². The minimum absolute atomic E-state index is 0.000815. The second-order valence-corrected chi connectivity index (χ2v) is 7.37. The normalized spacial score (nSPS) is 13.0. The fourth-order valence-corrected chi connectivity index (χ4v) is 3.22. The molecule has 1 fully saturated rings. The largest absolute Gasteiger partial charge is 0.481 e. The molecule has 0 aliphatic heterocycles. The number of anilines is 2. The van der Waals surface area contributed by atoms with Gasteiger partial charge in [0, 0.05) is 28.6 Å².